The smallest absolute Gasteiger partial charge is 0.133 e. The van der Waals surface area contributed by atoms with Crippen molar-refractivity contribution in [1.29, 1.82) is 0 Å². The molecule has 1 aliphatic heterocycles. The van der Waals surface area contributed by atoms with Crippen LogP contribution in [0.5, 0.6) is 0 Å². The molecule has 0 saturated carbocycles. The van der Waals surface area contributed by atoms with Gasteiger partial charge in [-0.15, -0.1) is 11.3 Å². The molecule has 0 aromatic carbocycles. The predicted octanol–water partition coefficient (Wildman–Crippen LogP) is 4.67. The second kappa shape index (κ2) is 3.48. The van der Waals surface area contributed by atoms with Gasteiger partial charge in [0.15, 0.2) is 0 Å². The molecule has 2 rings (SSSR count). The fourth-order valence-electron chi connectivity index (χ4n) is 1.03. The van der Waals surface area contributed by atoms with Crippen LogP contribution in [0.1, 0.15) is 11.3 Å². The van der Waals surface area contributed by atoms with Gasteiger partial charge in [-0.25, -0.2) is 0 Å². The number of hydrogen-bond donors (Lipinski definition) is 0. The van der Waals surface area contributed by atoms with Crippen molar-refractivity contribution in [2.45, 2.75) is 8.99 Å². The van der Waals surface area contributed by atoms with Crippen molar-refractivity contribution in [3.63, 3.8) is 0 Å². The molecule has 1 aromatic rings. The number of alkyl halides is 2. The van der Waals surface area contributed by atoms with E-state index < -0.39 is 0 Å². The first-order valence-corrected chi connectivity index (χ1v) is 6.76. The van der Waals surface area contributed by atoms with E-state index >= 15 is 0 Å². The zero-order valence-electron chi connectivity index (χ0n) is 6.09. The third-order valence-electron chi connectivity index (χ3n) is 1.55. The number of thioether (sulfide) groups is 1. The molecule has 1 aliphatic rings. The van der Waals surface area contributed by atoms with Crippen LogP contribution in [-0.4, -0.2) is 2.57 Å². The van der Waals surface area contributed by atoms with Crippen molar-refractivity contribution in [2.24, 2.45) is 0 Å². The quantitative estimate of drug-likeness (QED) is 0.676. The number of hydrogen-bond acceptors (Lipinski definition) is 2. The summed E-state index contributed by atoms with van der Waals surface area (Å²) in [4.78, 5) is 2.74. The summed E-state index contributed by atoms with van der Waals surface area (Å²) >= 11 is 10.8. The summed E-state index contributed by atoms with van der Waals surface area (Å²) < 4.78 is 0.0410. The topological polar surface area (TPSA) is 0 Å². The highest BCUT2D eigenvalue weighted by molar-refractivity contribution is 9.28. The molecule has 12 heavy (non-hydrogen) atoms. The van der Waals surface area contributed by atoms with Gasteiger partial charge in [-0.2, -0.15) is 0 Å². The van der Waals surface area contributed by atoms with Gasteiger partial charge >= 0.3 is 0 Å². The van der Waals surface area contributed by atoms with Crippen LogP contribution in [0.4, 0.5) is 0 Å². The maximum absolute atomic E-state index is 3.60. The maximum Gasteiger partial charge on any atom is 0.133 e. The van der Waals surface area contributed by atoms with E-state index in [1.54, 1.807) is 11.3 Å². The molecule has 0 unspecified atom stereocenters. The molecule has 0 saturated heterocycles. The highest BCUT2D eigenvalue weighted by atomic mass is 79.9. The Hall–Kier alpha value is 0.750. The van der Waals surface area contributed by atoms with Crippen LogP contribution in [0.15, 0.2) is 23.6 Å². The van der Waals surface area contributed by atoms with E-state index in [4.69, 9.17) is 0 Å². The zero-order valence-corrected chi connectivity index (χ0v) is 10.9. The number of rotatable bonds is 1. The summed E-state index contributed by atoms with van der Waals surface area (Å²) in [6.45, 7) is 0. The molecule has 4 heteroatoms. The van der Waals surface area contributed by atoms with Gasteiger partial charge in [-0.3, -0.25) is 0 Å². The molecule has 1 aromatic heterocycles. The lowest BCUT2D eigenvalue weighted by molar-refractivity contribution is 1.18. The summed E-state index contributed by atoms with van der Waals surface area (Å²) in [5.41, 5.74) is 0. The number of thiophene rings is 1. The van der Waals surface area contributed by atoms with Gasteiger partial charge in [0.1, 0.15) is 2.57 Å². The third-order valence-corrected chi connectivity index (χ3v) is 5.27. The van der Waals surface area contributed by atoms with E-state index in [1.807, 2.05) is 11.8 Å². The Labute approximate surface area is 96.7 Å². The Morgan fingerprint density at radius 3 is 2.75 bits per heavy atom. The largest absolute Gasteiger partial charge is 0.143 e. The second-order valence-electron chi connectivity index (χ2n) is 2.49. The van der Waals surface area contributed by atoms with Crippen molar-refractivity contribution in [3.05, 3.63) is 28.5 Å². The highest BCUT2D eigenvalue weighted by Crippen LogP contribution is 2.54. The molecule has 0 radical (unpaired) electrons. The van der Waals surface area contributed by atoms with Gasteiger partial charge in [0.05, 0.1) is 0 Å². The second-order valence-corrected chi connectivity index (χ2v) is 9.60. The first kappa shape index (κ1) is 9.31. The monoisotopic (exact) mass is 324 g/mol. The first-order chi connectivity index (χ1) is 5.67. The van der Waals surface area contributed by atoms with Crippen LogP contribution in [-0.2, 0) is 0 Å². The molecule has 0 bridgehead atoms. The average molecular weight is 326 g/mol. The van der Waals surface area contributed by atoms with Crippen molar-refractivity contribution in [3.8, 4) is 0 Å². The van der Waals surface area contributed by atoms with E-state index in [-0.39, 0.29) is 2.57 Å². The Morgan fingerprint density at radius 1 is 1.42 bits per heavy atom. The van der Waals surface area contributed by atoms with Crippen molar-refractivity contribution in [2.75, 3.05) is 0 Å². The van der Waals surface area contributed by atoms with Crippen LogP contribution in [0.25, 0.3) is 4.91 Å². The van der Waals surface area contributed by atoms with Gasteiger partial charge < -0.3 is 0 Å². The molecule has 0 atom stereocenters. The molecule has 0 amide bonds. The molecule has 0 aliphatic carbocycles. The molecular weight excluding hydrogens is 320 g/mol. The fourth-order valence-corrected chi connectivity index (χ4v) is 4.15. The average Bonchev–Trinajstić information content (AvgIpc) is 2.55. The van der Waals surface area contributed by atoms with Crippen molar-refractivity contribution < 1.29 is 0 Å². The first-order valence-electron chi connectivity index (χ1n) is 3.48. The summed E-state index contributed by atoms with van der Waals surface area (Å²) in [5, 5.41) is 2.11. The standard InChI is InChI=1S/C8H6Br2S2/c9-8(10)4-3-7(12-8)6-2-1-5-11-6/h1-3,5H,4H2. The van der Waals surface area contributed by atoms with Crippen LogP contribution >= 0.6 is 55.0 Å². The minimum Gasteiger partial charge on any atom is -0.143 e. The maximum atomic E-state index is 3.60. The van der Waals surface area contributed by atoms with E-state index in [2.05, 4.69) is 55.4 Å². The molecule has 0 N–H and O–H groups in total. The van der Waals surface area contributed by atoms with Crippen LogP contribution in [0.2, 0.25) is 0 Å². The summed E-state index contributed by atoms with van der Waals surface area (Å²) in [6.07, 6.45) is 3.30. The Bertz CT molecular complexity index is 301. The summed E-state index contributed by atoms with van der Waals surface area (Å²) in [7, 11) is 0. The van der Waals surface area contributed by atoms with E-state index in [0.29, 0.717) is 0 Å². The van der Waals surface area contributed by atoms with Gasteiger partial charge in [-0.05, 0) is 11.4 Å². The third kappa shape index (κ3) is 1.97. The minimum absolute atomic E-state index is 0.0410. The lowest BCUT2D eigenvalue weighted by Crippen LogP contribution is -1.95. The van der Waals surface area contributed by atoms with Gasteiger partial charge in [0.25, 0.3) is 0 Å². The normalized spacial score (nSPS) is 21.0. The van der Waals surface area contributed by atoms with Crippen molar-refractivity contribution >= 4 is 59.9 Å². The fraction of sp³-hybridized carbons (Fsp3) is 0.250. The zero-order chi connectivity index (χ0) is 8.60. The van der Waals surface area contributed by atoms with Gasteiger partial charge in [0.2, 0.25) is 0 Å². The van der Waals surface area contributed by atoms with Crippen molar-refractivity contribution in [1.82, 2.24) is 0 Å². The molecule has 0 spiro atoms. The van der Waals surface area contributed by atoms with Gasteiger partial charge in [-0.1, -0.05) is 55.8 Å². The van der Waals surface area contributed by atoms with Crippen LogP contribution in [0, 0.1) is 0 Å². The van der Waals surface area contributed by atoms with Gasteiger partial charge in [0, 0.05) is 16.2 Å². The lowest BCUT2D eigenvalue weighted by Gasteiger charge is -2.10. The molecule has 2 heterocycles. The molecule has 0 fully saturated rings. The molecule has 64 valence electrons. The predicted molar refractivity (Wildman–Crippen MR) is 65.1 cm³/mol. The Morgan fingerprint density at radius 2 is 2.25 bits per heavy atom. The molecular formula is C8H6Br2S2. The van der Waals surface area contributed by atoms with E-state index in [9.17, 15) is 0 Å². The van der Waals surface area contributed by atoms with Crippen LogP contribution < -0.4 is 0 Å². The Balaban J connectivity index is 2.20. The van der Waals surface area contributed by atoms with E-state index in [0.717, 1.165) is 6.42 Å². The number of halogens is 2. The van der Waals surface area contributed by atoms with Crippen LogP contribution in [0.3, 0.4) is 0 Å². The SMILES string of the molecule is BrC1(Br)CC=C(c2cccs2)S1. The summed E-state index contributed by atoms with van der Waals surface area (Å²) in [5.74, 6) is 0. The number of allylic oxidation sites excluding steroid dienone is 1. The van der Waals surface area contributed by atoms with E-state index in [1.165, 1.54) is 9.78 Å². The highest BCUT2D eigenvalue weighted by Gasteiger charge is 2.30. The lowest BCUT2D eigenvalue weighted by atomic mass is 10.4. The minimum atomic E-state index is 0.0410. The molecule has 0 nitrogen and oxygen atoms in total. The summed E-state index contributed by atoms with van der Waals surface area (Å²) in [6, 6.07) is 4.24. The Kier molecular flexibility index (Phi) is 2.70.